The van der Waals surface area contributed by atoms with E-state index in [0.29, 0.717) is 24.2 Å². The summed E-state index contributed by atoms with van der Waals surface area (Å²) in [5.41, 5.74) is 6.18. The fourth-order valence-electron chi connectivity index (χ4n) is 9.39. The second-order valence-corrected chi connectivity index (χ2v) is 18.2. The van der Waals surface area contributed by atoms with Gasteiger partial charge in [-0.25, -0.2) is 0 Å². The van der Waals surface area contributed by atoms with Gasteiger partial charge in [0.05, 0.1) is 17.7 Å². The van der Waals surface area contributed by atoms with Crippen LogP contribution in [-0.2, 0) is 14.4 Å². The first-order valence-corrected chi connectivity index (χ1v) is 23.3. The van der Waals surface area contributed by atoms with Crippen LogP contribution < -0.4 is 16.0 Å². The molecule has 2 unspecified atom stereocenters. The third-order valence-corrected chi connectivity index (χ3v) is 13.0. The third-order valence-electron chi connectivity index (χ3n) is 13.0. The molecule has 0 radical (unpaired) electrons. The van der Waals surface area contributed by atoms with Crippen molar-refractivity contribution in [3.05, 3.63) is 88.6 Å². The lowest BCUT2D eigenvalue weighted by Gasteiger charge is -2.34. The van der Waals surface area contributed by atoms with E-state index in [9.17, 15) is 24.0 Å². The maximum Gasteiger partial charge on any atom is 0.262 e. The number of nitrogens with one attached hydrogen (secondary N) is 3. The number of unbranched alkanes of at least 4 members (excludes halogenated alkanes) is 5. The quantitative estimate of drug-likeness (QED) is 0.0567. The molecule has 0 spiro atoms. The Hall–Kier alpha value is -5.13. The Balaban J connectivity index is 0.902. The van der Waals surface area contributed by atoms with Crippen LogP contribution in [0.5, 0.6) is 0 Å². The molecule has 4 heterocycles. The van der Waals surface area contributed by atoms with Gasteiger partial charge in [-0.05, 0) is 114 Å². The summed E-state index contributed by atoms with van der Waals surface area (Å²) in [4.78, 5) is 73.4. The number of piperidine rings is 1. The predicted octanol–water partition coefficient (Wildman–Crippen LogP) is 5.41. The highest BCUT2D eigenvalue weighted by molar-refractivity contribution is 6.23. The second kappa shape index (κ2) is 24.8. The first-order valence-electron chi connectivity index (χ1n) is 23.3. The Labute approximate surface area is 382 Å². The Morgan fingerprint density at radius 3 is 2.33 bits per heavy atom. The van der Waals surface area contributed by atoms with E-state index in [4.69, 9.17) is 6.42 Å². The van der Waals surface area contributed by atoms with Crippen LogP contribution in [0.15, 0.2) is 77.5 Å². The smallest absolute Gasteiger partial charge is 0.262 e. The molecular formula is C51H72N8O5. The van der Waals surface area contributed by atoms with Gasteiger partial charge in [-0.3, -0.25) is 44.0 Å². The normalized spacial score (nSPS) is 21.4. The van der Waals surface area contributed by atoms with Crippen molar-refractivity contribution in [2.24, 2.45) is 5.92 Å². The number of nitrogens with zero attached hydrogens (tertiary/aromatic N) is 5. The monoisotopic (exact) mass is 877 g/mol. The number of rotatable bonds is 23. The number of piperazine rings is 1. The van der Waals surface area contributed by atoms with Crippen molar-refractivity contribution >= 4 is 35.2 Å². The lowest BCUT2D eigenvalue weighted by Crippen LogP contribution is -2.54. The molecule has 3 atom stereocenters. The fraction of sp³-hybridized carbons (Fsp3) is 0.549. The average molecular weight is 877 g/mol. The molecule has 3 N–H and O–H groups in total. The molecule has 13 heteroatoms. The number of likely N-dealkylation sites (N-methyl/N-ethyl adjacent to an activating group) is 1. The van der Waals surface area contributed by atoms with Crippen molar-refractivity contribution in [2.45, 2.75) is 90.6 Å². The van der Waals surface area contributed by atoms with Gasteiger partial charge < -0.3 is 20.4 Å². The van der Waals surface area contributed by atoms with Crippen LogP contribution in [0.2, 0.25) is 0 Å². The summed E-state index contributed by atoms with van der Waals surface area (Å²) in [5.74, 6) is 0.955. The summed E-state index contributed by atoms with van der Waals surface area (Å²) >= 11 is 0. The van der Waals surface area contributed by atoms with Gasteiger partial charge in [0.1, 0.15) is 6.04 Å². The number of hydrogen-bond acceptors (Lipinski definition) is 10. The number of likely N-dealkylation sites (tertiary alicyclic amines) is 1. The topological polar surface area (TPSA) is 138 Å². The van der Waals surface area contributed by atoms with Crippen LogP contribution in [0.3, 0.4) is 0 Å². The Kier molecular flexibility index (Phi) is 19.3. The van der Waals surface area contributed by atoms with Crippen LogP contribution in [0.1, 0.15) is 99.3 Å². The zero-order valence-electron chi connectivity index (χ0n) is 39.1. The molecule has 1 aromatic rings. The molecule has 13 nitrogen and oxygen atoms in total. The van der Waals surface area contributed by atoms with E-state index in [1.807, 2.05) is 12.2 Å². The summed E-state index contributed by atoms with van der Waals surface area (Å²) in [6, 6.07) is 4.15. The summed E-state index contributed by atoms with van der Waals surface area (Å²) in [5, 5.41) is 8.17. The van der Waals surface area contributed by atoms with Crippen molar-refractivity contribution in [1.82, 2.24) is 35.1 Å². The number of allylic oxidation sites excluding steroid dienone is 6. The van der Waals surface area contributed by atoms with E-state index in [2.05, 4.69) is 101 Å². The van der Waals surface area contributed by atoms with Gasteiger partial charge in [0.2, 0.25) is 17.7 Å². The highest BCUT2D eigenvalue weighted by Gasteiger charge is 2.44. The maximum atomic E-state index is 13.1. The van der Waals surface area contributed by atoms with Crippen molar-refractivity contribution in [1.29, 1.82) is 0 Å². The summed E-state index contributed by atoms with van der Waals surface area (Å²) in [7, 11) is 4.39. The molecule has 5 amide bonds. The zero-order valence-corrected chi connectivity index (χ0v) is 39.1. The minimum absolute atomic E-state index is 0.0264. The van der Waals surface area contributed by atoms with E-state index in [1.165, 1.54) is 53.7 Å². The molecule has 346 valence electrons. The first kappa shape index (κ1) is 49.9. The molecule has 3 saturated heterocycles. The first-order chi connectivity index (χ1) is 30.8. The number of carbonyl (C=O) groups excluding carboxylic acids is 5. The lowest BCUT2D eigenvalue weighted by molar-refractivity contribution is -0.136. The SMILES string of the molecule is C#C/C=C(\C=C/CN1CCN(CCCCCCCCNC(=O)CNc2ccc3c(c2)C(=O)N(C2CCC(=O)NC2=O)C3=O)CC1)CC1CN(CC(=C(C)C)/C(C)=C\C=C)C[C@@H]1N(C)C. The van der Waals surface area contributed by atoms with Gasteiger partial charge in [-0.15, -0.1) is 6.42 Å². The van der Waals surface area contributed by atoms with E-state index in [1.54, 1.807) is 6.07 Å². The molecule has 5 rings (SSSR count). The van der Waals surface area contributed by atoms with E-state index < -0.39 is 29.7 Å². The van der Waals surface area contributed by atoms with Gasteiger partial charge in [0.25, 0.3) is 11.8 Å². The number of amides is 5. The molecule has 0 aromatic heterocycles. The van der Waals surface area contributed by atoms with Crippen LogP contribution in [-0.4, -0.2) is 152 Å². The zero-order chi connectivity index (χ0) is 46.2. The van der Waals surface area contributed by atoms with Crippen LogP contribution >= 0.6 is 0 Å². The number of anilines is 1. The lowest BCUT2D eigenvalue weighted by atomic mass is 9.93. The molecule has 64 heavy (non-hydrogen) atoms. The Morgan fingerprint density at radius 2 is 1.64 bits per heavy atom. The minimum Gasteiger partial charge on any atom is -0.376 e. The van der Waals surface area contributed by atoms with Crippen molar-refractivity contribution in [2.75, 3.05) is 91.4 Å². The van der Waals surface area contributed by atoms with E-state index >= 15 is 0 Å². The Bertz CT molecular complexity index is 2020. The molecular weight excluding hydrogens is 805 g/mol. The van der Waals surface area contributed by atoms with Gasteiger partial charge in [0.15, 0.2) is 0 Å². The number of benzene rings is 1. The number of fused-ring (bicyclic) bond motifs is 1. The van der Waals surface area contributed by atoms with Crippen LogP contribution in [0.25, 0.3) is 0 Å². The third kappa shape index (κ3) is 14.2. The van der Waals surface area contributed by atoms with Crippen LogP contribution in [0, 0.1) is 18.3 Å². The van der Waals surface area contributed by atoms with Crippen molar-refractivity contribution in [3.63, 3.8) is 0 Å². The predicted molar refractivity (Wildman–Crippen MR) is 256 cm³/mol. The second-order valence-electron chi connectivity index (χ2n) is 18.2. The largest absolute Gasteiger partial charge is 0.376 e. The van der Waals surface area contributed by atoms with Gasteiger partial charge >= 0.3 is 0 Å². The molecule has 4 aliphatic heterocycles. The van der Waals surface area contributed by atoms with E-state index in [0.717, 1.165) is 89.5 Å². The molecule has 4 aliphatic rings. The minimum atomic E-state index is -1.02. The summed E-state index contributed by atoms with van der Waals surface area (Å²) < 4.78 is 0. The Morgan fingerprint density at radius 1 is 0.938 bits per heavy atom. The van der Waals surface area contributed by atoms with Gasteiger partial charge in [0, 0.05) is 77.1 Å². The summed E-state index contributed by atoms with van der Waals surface area (Å²) in [6.07, 6.45) is 24.2. The highest BCUT2D eigenvalue weighted by Crippen LogP contribution is 2.31. The maximum absolute atomic E-state index is 13.1. The van der Waals surface area contributed by atoms with Crippen molar-refractivity contribution < 1.29 is 24.0 Å². The molecule has 0 bridgehead atoms. The van der Waals surface area contributed by atoms with Gasteiger partial charge in [-0.2, -0.15) is 0 Å². The highest BCUT2D eigenvalue weighted by atomic mass is 16.2. The van der Waals surface area contributed by atoms with Crippen molar-refractivity contribution in [3.8, 4) is 12.3 Å². The molecule has 1 aromatic carbocycles. The number of imide groups is 2. The summed E-state index contributed by atoms with van der Waals surface area (Å²) in [6.45, 7) is 20.6. The van der Waals surface area contributed by atoms with Gasteiger partial charge in [-0.1, -0.05) is 68.1 Å². The van der Waals surface area contributed by atoms with Crippen LogP contribution in [0.4, 0.5) is 5.69 Å². The average Bonchev–Trinajstić information content (AvgIpc) is 3.78. The standard InChI is InChI=1S/C51H72N8O5/c1-8-17-38(5)44(37(3)4)35-58-34-40(46(36-58)55(6)7)31-39(18-9-2)19-16-26-57-29-27-56(28-30-57)25-15-13-11-10-12-14-24-52-48(61)33-53-41-20-21-42-43(32-41)51(64)59(50(42)63)45-22-23-47(60)54-49(45)62/h2,8,16-21,32,40,45-46,53H,1,10-15,22-31,33-36H2,3-7H3,(H,52,61)(H,54,60,62)/b19-16-,38-17-,39-18+/t40?,45?,46-/m0/s1. The fourth-order valence-corrected chi connectivity index (χ4v) is 9.39. The number of terminal acetylenes is 1. The number of hydrogen-bond donors (Lipinski definition) is 3. The number of carbonyl (C=O) groups is 5. The van der Waals surface area contributed by atoms with E-state index in [-0.39, 0.29) is 36.4 Å². The molecule has 0 saturated carbocycles. The molecule has 0 aliphatic carbocycles. The molecule has 3 fully saturated rings.